The van der Waals surface area contributed by atoms with Gasteiger partial charge in [-0.2, -0.15) is 0 Å². The summed E-state index contributed by atoms with van der Waals surface area (Å²) in [5.41, 5.74) is 0.202. The van der Waals surface area contributed by atoms with E-state index in [0.717, 1.165) is 0 Å². The average molecular weight is 419 g/mol. The number of rotatable bonds is 6. The van der Waals surface area contributed by atoms with Gasteiger partial charge in [-0.1, -0.05) is 47.5 Å². The van der Waals surface area contributed by atoms with Crippen LogP contribution in [0.4, 0.5) is 10.2 Å². The fourth-order valence-corrected chi connectivity index (χ4v) is 3.03. The lowest BCUT2D eigenvalue weighted by molar-refractivity contribution is -0.124. The van der Waals surface area contributed by atoms with Crippen LogP contribution in [0.2, 0.25) is 10.0 Å². The summed E-state index contributed by atoms with van der Waals surface area (Å²) in [6.45, 7) is 1.52. The van der Waals surface area contributed by atoms with Crippen LogP contribution in [0.1, 0.15) is 12.5 Å². The number of nitrogens with zero attached hydrogens (tertiary/aromatic N) is 2. The van der Waals surface area contributed by atoms with Crippen LogP contribution >= 0.6 is 23.2 Å². The number of aromatic nitrogens is 1. The summed E-state index contributed by atoms with van der Waals surface area (Å²) in [5.74, 6) is -0.157. The standard InChI is InChI=1S/C21H17Cl2FN2O2/c1-14(28-19-10-3-2-7-17(19)23)21(27)26(20-11-4-5-12-25-20)13-15-16(22)8-6-9-18(15)24/h2-12,14H,13H2,1H3/t14-/m0/s1. The predicted molar refractivity (Wildman–Crippen MR) is 108 cm³/mol. The third-order valence-electron chi connectivity index (χ3n) is 4.06. The van der Waals surface area contributed by atoms with Crippen LogP contribution in [0.3, 0.4) is 0 Å². The summed E-state index contributed by atoms with van der Waals surface area (Å²) in [6, 6.07) is 16.4. The Morgan fingerprint density at radius 3 is 2.46 bits per heavy atom. The average Bonchev–Trinajstić information content (AvgIpc) is 2.70. The van der Waals surface area contributed by atoms with Gasteiger partial charge in [-0.15, -0.1) is 0 Å². The molecule has 1 aromatic heterocycles. The molecule has 0 spiro atoms. The Morgan fingerprint density at radius 1 is 1.07 bits per heavy atom. The van der Waals surface area contributed by atoms with E-state index in [0.29, 0.717) is 16.6 Å². The number of benzene rings is 2. The number of carbonyl (C=O) groups is 1. The highest BCUT2D eigenvalue weighted by Gasteiger charge is 2.26. The molecule has 0 aliphatic heterocycles. The third kappa shape index (κ3) is 4.61. The number of para-hydroxylation sites is 1. The molecule has 3 aromatic rings. The number of anilines is 1. The second-order valence-electron chi connectivity index (χ2n) is 6.00. The molecule has 0 aliphatic carbocycles. The quantitative estimate of drug-likeness (QED) is 0.528. The lowest BCUT2D eigenvalue weighted by Crippen LogP contribution is -2.41. The van der Waals surface area contributed by atoms with E-state index in [1.165, 1.54) is 17.0 Å². The SMILES string of the molecule is C[C@H](Oc1ccccc1Cl)C(=O)N(Cc1c(F)cccc1Cl)c1ccccn1. The number of hydrogen-bond acceptors (Lipinski definition) is 3. The van der Waals surface area contributed by atoms with Crippen LogP contribution < -0.4 is 9.64 Å². The molecular weight excluding hydrogens is 402 g/mol. The monoisotopic (exact) mass is 418 g/mol. The largest absolute Gasteiger partial charge is 0.479 e. The van der Waals surface area contributed by atoms with Crippen LogP contribution in [0, 0.1) is 5.82 Å². The fraction of sp³-hybridized carbons (Fsp3) is 0.143. The third-order valence-corrected chi connectivity index (χ3v) is 4.72. The normalized spacial score (nSPS) is 11.7. The number of hydrogen-bond donors (Lipinski definition) is 0. The molecule has 3 rings (SSSR count). The molecule has 0 saturated carbocycles. The van der Waals surface area contributed by atoms with Crippen molar-refractivity contribution in [3.63, 3.8) is 0 Å². The van der Waals surface area contributed by atoms with E-state index < -0.39 is 17.8 Å². The second-order valence-corrected chi connectivity index (χ2v) is 6.82. The molecule has 0 N–H and O–H groups in total. The van der Waals surface area contributed by atoms with E-state index in [2.05, 4.69) is 4.98 Å². The highest BCUT2D eigenvalue weighted by atomic mass is 35.5. The maximum absolute atomic E-state index is 14.3. The van der Waals surface area contributed by atoms with Crippen LogP contribution in [-0.4, -0.2) is 17.0 Å². The summed E-state index contributed by atoms with van der Waals surface area (Å²) in [4.78, 5) is 18.7. The molecule has 0 radical (unpaired) electrons. The molecule has 0 saturated heterocycles. The van der Waals surface area contributed by atoms with Crippen molar-refractivity contribution in [3.05, 3.63) is 88.3 Å². The summed E-state index contributed by atoms with van der Waals surface area (Å²) < 4.78 is 20.0. The highest BCUT2D eigenvalue weighted by molar-refractivity contribution is 6.32. The van der Waals surface area contributed by atoms with Crippen molar-refractivity contribution >= 4 is 34.9 Å². The van der Waals surface area contributed by atoms with E-state index in [-0.39, 0.29) is 17.1 Å². The Labute approximate surface area is 172 Å². The zero-order valence-corrected chi connectivity index (χ0v) is 16.5. The molecule has 144 valence electrons. The smallest absolute Gasteiger partial charge is 0.269 e. The first-order chi connectivity index (χ1) is 13.5. The molecule has 2 aromatic carbocycles. The Balaban J connectivity index is 1.90. The summed E-state index contributed by atoms with van der Waals surface area (Å²) in [7, 11) is 0. The molecule has 1 atom stereocenters. The maximum atomic E-state index is 14.3. The van der Waals surface area contributed by atoms with Crippen LogP contribution in [-0.2, 0) is 11.3 Å². The van der Waals surface area contributed by atoms with Crippen molar-refractivity contribution in [3.8, 4) is 5.75 Å². The summed E-state index contributed by atoms with van der Waals surface area (Å²) in [6.07, 6.45) is 0.672. The van der Waals surface area contributed by atoms with E-state index in [1.54, 1.807) is 61.7 Å². The van der Waals surface area contributed by atoms with E-state index >= 15 is 0 Å². The van der Waals surface area contributed by atoms with Gasteiger partial charge in [0.25, 0.3) is 5.91 Å². The van der Waals surface area contributed by atoms with Gasteiger partial charge >= 0.3 is 0 Å². The molecule has 1 amide bonds. The predicted octanol–water partition coefficient (Wildman–Crippen LogP) is 5.53. The highest BCUT2D eigenvalue weighted by Crippen LogP contribution is 2.27. The van der Waals surface area contributed by atoms with Crippen molar-refractivity contribution in [1.82, 2.24) is 4.98 Å². The van der Waals surface area contributed by atoms with Gasteiger partial charge in [0.2, 0.25) is 0 Å². The zero-order valence-electron chi connectivity index (χ0n) is 15.0. The number of halogens is 3. The Bertz CT molecular complexity index is 949. The van der Waals surface area contributed by atoms with Gasteiger partial charge in [0.05, 0.1) is 11.6 Å². The Morgan fingerprint density at radius 2 is 1.79 bits per heavy atom. The second kappa shape index (κ2) is 9.04. The number of pyridine rings is 1. The summed E-state index contributed by atoms with van der Waals surface area (Å²) >= 11 is 12.3. The molecule has 0 unspecified atom stereocenters. The minimum Gasteiger partial charge on any atom is -0.479 e. The van der Waals surface area contributed by atoms with E-state index in [9.17, 15) is 9.18 Å². The van der Waals surface area contributed by atoms with Crippen molar-refractivity contribution in [2.75, 3.05) is 4.90 Å². The van der Waals surface area contributed by atoms with Crippen molar-refractivity contribution in [1.29, 1.82) is 0 Å². The zero-order chi connectivity index (χ0) is 20.1. The fourth-order valence-electron chi connectivity index (χ4n) is 2.63. The van der Waals surface area contributed by atoms with Gasteiger partial charge in [0, 0.05) is 16.8 Å². The van der Waals surface area contributed by atoms with Crippen LogP contribution in [0.15, 0.2) is 66.9 Å². The molecule has 0 fully saturated rings. The number of carbonyl (C=O) groups excluding carboxylic acids is 1. The molecule has 0 aliphatic rings. The van der Waals surface area contributed by atoms with Gasteiger partial charge in [-0.05, 0) is 43.3 Å². The Hall–Kier alpha value is -2.63. The summed E-state index contributed by atoms with van der Waals surface area (Å²) in [5, 5.41) is 0.622. The molecule has 28 heavy (non-hydrogen) atoms. The maximum Gasteiger partial charge on any atom is 0.269 e. The Kier molecular flexibility index (Phi) is 6.49. The van der Waals surface area contributed by atoms with Gasteiger partial charge in [0.1, 0.15) is 17.4 Å². The van der Waals surface area contributed by atoms with Gasteiger partial charge in [-0.3, -0.25) is 9.69 Å². The van der Waals surface area contributed by atoms with Gasteiger partial charge in [-0.25, -0.2) is 9.37 Å². The number of amides is 1. The lowest BCUT2D eigenvalue weighted by Gasteiger charge is -2.26. The first kappa shape index (κ1) is 20.1. The minimum absolute atomic E-state index is 0.0857. The topological polar surface area (TPSA) is 42.4 Å². The molecule has 0 bridgehead atoms. The molecule has 7 heteroatoms. The van der Waals surface area contributed by atoms with Gasteiger partial charge in [0.15, 0.2) is 6.10 Å². The molecule has 1 heterocycles. The first-order valence-electron chi connectivity index (χ1n) is 8.54. The van der Waals surface area contributed by atoms with Crippen LogP contribution in [0.25, 0.3) is 0 Å². The lowest BCUT2D eigenvalue weighted by atomic mass is 10.1. The van der Waals surface area contributed by atoms with Crippen molar-refractivity contribution in [2.45, 2.75) is 19.6 Å². The number of ether oxygens (including phenoxy) is 1. The minimum atomic E-state index is -0.882. The van der Waals surface area contributed by atoms with Crippen molar-refractivity contribution < 1.29 is 13.9 Å². The molecular formula is C21H17Cl2FN2O2. The van der Waals surface area contributed by atoms with Crippen LogP contribution in [0.5, 0.6) is 5.75 Å². The van der Waals surface area contributed by atoms with E-state index in [4.69, 9.17) is 27.9 Å². The van der Waals surface area contributed by atoms with Crippen molar-refractivity contribution in [2.24, 2.45) is 0 Å². The van der Waals surface area contributed by atoms with Gasteiger partial charge < -0.3 is 4.74 Å². The molecule has 4 nitrogen and oxygen atoms in total. The van der Waals surface area contributed by atoms with E-state index in [1.807, 2.05) is 0 Å². The first-order valence-corrected chi connectivity index (χ1v) is 9.29.